The molecular weight excluding hydrogens is 580 g/mol. The molecule has 9 nitrogen and oxygen atoms in total. The Kier molecular flexibility index (Phi) is 8.46. The molecule has 11 heteroatoms. The smallest absolute Gasteiger partial charge is 0.338 e. The number of carbonyl (C=O) groups excluding carboxylic acids is 1. The number of rotatable bonds is 9. The van der Waals surface area contributed by atoms with E-state index in [0.29, 0.717) is 60.4 Å². The molecular formula is C31H27ClN2O7S. The fraction of sp³-hybridized carbons (Fsp3) is 0.226. The first-order valence-electron chi connectivity index (χ1n) is 13.2. The zero-order chi connectivity index (χ0) is 30.0. The standard InChI is InChI=1S/C31H27ClN2O7S/c1-4-8-22-26(30(38)40-5-2)27(19-9-6-7-10-23(19)39-3)34-28(35)25(42-31(34)33-22)16-18-12-14-24(41-18)20-15-17(29(36)37)11-13-21(20)32/h6-7,9-16,27H,4-5,8H2,1-3H3,(H,36,37)/b25-16-/t27-/m0/s1. The van der Waals surface area contributed by atoms with Gasteiger partial charge in [-0.1, -0.05) is 54.5 Å². The van der Waals surface area contributed by atoms with Crippen LogP contribution in [0.3, 0.4) is 0 Å². The Morgan fingerprint density at radius 1 is 1.17 bits per heavy atom. The van der Waals surface area contributed by atoms with E-state index in [1.165, 1.54) is 41.2 Å². The minimum absolute atomic E-state index is 0.0669. The molecule has 1 aliphatic heterocycles. The van der Waals surface area contributed by atoms with Gasteiger partial charge in [-0.15, -0.1) is 0 Å². The minimum Gasteiger partial charge on any atom is -0.496 e. The third-order valence-electron chi connectivity index (χ3n) is 6.70. The number of aromatic carboxylic acids is 1. The van der Waals surface area contributed by atoms with Gasteiger partial charge in [0, 0.05) is 17.2 Å². The Bertz CT molecular complexity index is 1900. The Morgan fingerprint density at radius 3 is 2.67 bits per heavy atom. The summed E-state index contributed by atoms with van der Waals surface area (Å²) in [6.07, 6.45) is 2.84. The van der Waals surface area contributed by atoms with E-state index < -0.39 is 18.0 Å². The number of benzene rings is 2. The normalized spacial score (nSPS) is 14.9. The number of esters is 1. The number of halogens is 1. The van der Waals surface area contributed by atoms with Gasteiger partial charge in [0.15, 0.2) is 4.80 Å². The molecule has 0 bridgehead atoms. The van der Waals surface area contributed by atoms with E-state index in [9.17, 15) is 19.5 Å². The summed E-state index contributed by atoms with van der Waals surface area (Å²) in [5.74, 6) is -0.392. The number of hydrogen-bond donors (Lipinski definition) is 1. The van der Waals surface area contributed by atoms with Crippen LogP contribution < -0.4 is 19.6 Å². The highest BCUT2D eigenvalue weighted by Crippen LogP contribution is 2.37. The van der Waals surface area contributed by atoms with Crippen molar-refractivity contribution >= 4 is 41.0 Å². The topological polar surface area (TPSA) is 120 Å². The molecule has 0 saturated heterocycles. The number of carboxylic acids is 1. The summed E-state index contributed by atoms with van der Waals surface area (Å²) in [6, 6.07) is 14.1. The number of aromatic nitrogens is 1. The number of nitrogens with zero attached hydrogens (tertiary/aromatic N) is 2. The summed E-state index contributed by atoms with van der Waals surface area (Å²) in [5, 5.41) is 9.69. The van der Waals surface area contributed by atoms with Crippen LogP contribution in [0.1, 0.15) is 54.4 Å². The number of carbonyl (C=O) groups is 2. The molecule has 1 aliphatic rings. The van der Waals surface area contributed by atoms with E-state index in [1.807, 2.05) is 25.1 Å². The third kappa shape index (κ3) is 5.43. The number of furan rings is 1. The van der Waals surface area contributed by atoms with Crippen molar-refractivity contribution in [1.82, 2.24) is 4.57 Å². The third-order valence-corrected chi connectivity index (χ3v) is 8.02. The van der Waals surface area contributed by atoms with Crippen LogP contribution in [0.15, 0.2) is 80.1 Å². The van der Waals surface area contributed by atoms with Crippen LogP contribution >= 0.6 is 22.9 Å². The maximum absolute atomic E-state index is 14.0. The van der Waals surface area contributed by atoms with Crippen molar-refractivity contribution in [2.45, 2.75) is 32.7 Å². The Balaban J connectivity index is 1.68. The maximum Gasteiger partial charge on any atom is 0.338 e. The van der Waals surface area contributed by atoms with Crippen LogP contribution in [-0.2, 0) is 9.53 Å². The van der Waals surface area contributed by atoms with Crippen molar-refractivity contribution < 1.29 is 28.6 Å². The summed E-state index contributed by atoms with van der Waals surface area (Å²) < 4.78 is 18.9. The molecule has 0 spiro atoms. The summed E-state index contributed by atoms with van der Waals surface area (Å²) in [5.41, 5.74) is 1.61. The van der Waals surface area contributed by atoms with E-state index in [-0.39, 0.29) is 17.7 Å². The number of methoxy groups -OCH3 is 1. The summed E-state index contributed by atoms with van der Waals surface area (Å²) >= 11 is 7.50. The average Bonchev–Trinajstić information content (AvgIpc) is 3.56. The average molecular weight is 607 g/mol. The fourth-order valence-electron chi connectivity index (χ4n) is 4.86. The van der Waals surface area contributed by atoms with Crippen molar-refractivity contribution in [3.8, 4) is 17.1 Å². The molecule has 2 aromatic heterocycles. The maximum atomic E-state index is 14.0. The highest BCUT2D eigenvalue weighted by molar-refractivity contribution is 7.07. The quantitative estimate of drug-likeness (QED) is 0.260. The first kappa shape index (κ1) is 29.1. The van der Waals surface area contributed by atoms with Gasteiger partial charge >= 0.3 is 11.9 Å². The predicted molar refractivity (Wildman–Crippen MR) is 159 cm³/mol. The molecule has 0 saturated carbocycles. The SMILES string of the molecule is CCCC1=C(C(=O)OCC)[C@H](c2ccccc2OC)n2c(s/c(=C\c3ccc(-c4cc(C(=O)O)ccc4Cl)o3)c2=O)=N1. The van der Waals surface area contributed by atoms with E-state index in [1.54, 1.807) is 31.2 Å². The van der Waals surface area contributed by atoms with Crippen LogP contribution in [0.25, 0.3) is 17.4 Å². The molecule has 0 fully saturated rings. The first-order chi connectivity index (χ1) is 20.3. The number of thiazole rings is 1. The molecule has 2 aromatic carbocycles. The molecule has 1 atom stereocenters. The van der Waals surface area contributed by atoms with Gasteiger partial charge in [0.05, 0.1) is 40.1 Å². The van der Waals surface area contributed by atoms with Gasteiger partial charge in [-0.25, -0.2) is 14.6 Å². The van der Waals surface area contributed by atoms with E-state index in [2.05, 4.69) is 0 Å². The lowest BCUT2D eigenvalue weighted by atomic mass is 9.93. The zero-order valence-corrected chi connectivity index (χ0v) is 24.6. The lowest BCUT2D eigenvalue weighted by Gasteiger charge is -2.26. The van der Waals surface area contributed by atoms with E-state index in [0.717, 1.165) is 6.42 Å². The second kappa shape index (κ2) is 12.2. The largest absolute Gasteiger partial charge is 0.496 e. The molecule has 5 rings (SSSR count). The number of fused-ring (bicyclic) bond motifs is 1. The second-order valence-corrected chi connectivity index (χ2v) is 10.8. The molecule has 0 unspecified atom stereocenters. The summed E-state index contributed by atoms with van der Waals surface area (Å²) in [4.78, 5) is 44.0. The highest BCUT2D eigenvalue weighted by atomic mass is 35.5. The number of hydrogen-bond acceptors (Lipinski definition) is 8. The predicted octanol–water partition coefficient (Wildman–Crippen LogP) is 5.20. The molecule has 0 radical (unpaired) electrons. The van der Waals surface area contributed by atoms with Gasteiger partial charge < -0.3 is 19.0 Å². The van der Waals surface area contributed by atoms with Gasteiger partial charge in [-0.05, 0) is 49.7 Å². The van der Waals surface area contributed by atoms with Crippen LogP contribution in [-0.4, -0.2) is 35.3 Å². The Labute approximate surface area is 249 Å². The van der Waals surface area contributed by atoms with E-state index in [4.69, 9.17) is 30.5 Å². The summed E-state index contributed by atoms with van der Waals surface area (Å²) in [6.45, 7) is 3.89. The van der Waals surface area contributed by atoms with E-state index >= 15 is 0 Å². The lowest BCUT2D eigenvalue weighted by Crippen LogP contribution is -2.40. The second-order valence-electron chi connectivity index (χ2n) is 9.36. The number of para-hydroxylation sites is 1. The highest BCUT2D eigenvalue weighted by Gasteiger charge is 2.35. The molecule has 0 amide bonds. The van der Waals surface area contributed by atoms with Crippen LogP contribution in [0.5, 0.6) is 5.75 Å². The molecule has 216 valence electrons. The fourth-order valence-corrected chi connectivity index (χ4v) is 6.07. The van der Waals surface area contributed by atoms with Crippen LogP contribution in [0.4, 0.5) is 0 Å². The molecule has 1 N–H and O–H groups in total. The van der Waals surface area contributed by atoms with Crippen molar-refractivity contribution in [2.75, 3.05) is 13.7 Å². The molecule has 3 heterocycles. The molecule has 0 aliphatic carbocycles. The number of carboxylic acid groups (broad SMARTS) is 1. The number of allylic oxidation sites excluding steroid dienone is 1. The number of ether oxygens (including phenoxy) is 2. The minimum atomic E-state index is -1.09. The van der Waals surface area contributed by atoms with Gasteiger partial charge in [-0.2, -0.15) is 0 Å². The van der Waals surface area contributed by atoms with Gasteiger partial charge in [-0.3, -0.25) is 9.36 Å². The zero-order valence-electron chi connectivity index (χ0n) is 23.0. The summed E-state index contributed by atoms with van der Waals surface area (Å²) in [7, 11) is 1.54. The monoisotopic (exact) mass is 606 g/mol. The Morgan fingerprint density at radius 2 is 1.95 bits per heavy atom. The molecule has 4 aromatic rings. The van der Waals surface area contributed by atoms with Crippen LogP contribution in [0.2, 0.25) is 5.02 Å². The van der Waals surface area contributed by atoms with Crippen molar-refractivity contribution in [3.63, 3.8) is 0 Å². The van der Waals surface area contributed by atoms with Crippen LogP contribution in [0, 0.1) is 0 Å². The molecule has 42 heavy (non-hydrogen) atoms. The van der Waals surface area contributed by atoms with Crippen molar-refractivity contribution in [3.05, 3.63) is 107 Å². The van der Waals surface area contributed by atoms with Gasteiger partial charge in [0.2, 0.25) is 0 Å². The van der Waals surface area contributed by atoms with Crippen molar-refractivity contribution in [2.24, 2.45) is 4.99 Å². The van der Waals surface area contributed by atoms with Gasteiger partial charge in [0.1, 0.15) is 23.3 Å². The van der Waals surface area contributed by atoms with Gasteiger partial charge in [0.25, 0.3) is 5.56 Å². The Hall–Kier alpha value is -4.41. The lowest BCUT2D eigenvalue weighted by molar-refractivity contribution is -0.139. The van der Waals surface area contributed by atoms with Crippen molar-refractivity contribution in [1.29, 1.82) is 0 Å². The first-order valence-corrected chi connectivity index (χ1v) is 14.4.